The van der Waals surface area contributed by atoms with Crippen molar-refractivity contribution in [3.63, 3.8) is 0 Å². The van der Waals surface area contributed by atoms with Gasteiger partial charge in [0, 0.05) is 30.6 Å². The van der Waals surface area contributed by atoms with Crippen LogP contribution in [0.4, 0.5) is 0 Å². The Labute approximate surface area is 120 Å². The summed E-state index contributed by atoms with van der Waals surface area (Å²) in [6.07, 6.45) is 3.30. The average Bonchev–Trinajstić information content (AvgIpc) is 3.20. The molecule has 4 nitrogen and oxygen atoms in total. The van der Waals surface area contributed by atoms with Crippen LogP contribution in [-0.2, 0) is 13.0 Å². The third-order valence-electron chi connectivity index (χ3n) is 4.13. The SMILES string of the molecule is COc1cc2c(cc1CNCC(O)C1CC1)OC(C)C2. The maximum Gasteiger partial charge on any atom is 0.123 e. The molecule has 1 aromatic rings. The molecule has 0 amide bonds. The van der Waals surface area contributed by atoms with Crippen molar-refractivity contribution in [3.8, 4) is 11.5 Å². The molecule has 2 atom stereocenters. The standard InChI is InChI=1S/C16H23NO3/c1-10-5-12-6-15(19-2)13(7-16(12)20-10)8-17-9-14(18)11-3-4-11/h6-7,10-11,14,17-18H,3-5,8-9H2,1-2H3. The summed E-state index contributed by atoms with van der Waals surface area (Å²) in [5.74, 6) is 2.38. The lowest BCUT2D eigenvalue weighted by molar-refractivity contribution is 0.148. The largest absolute Gasteiger partial charge is 0.496 e. The number of hydrogen-bond acceptors (Lipinski definition) is 4. The van der Waals surface area contributed by atoms with Crippen molar-refractivity contribution >= 4 is 0 Å². The van der Waals surface area contributed by atoms with Crippen LogP contribution in [0.25, 0.3) is 0 Å². The third-order valence-corrected chi connectivity index (χ3v) is 4.13. The van der Waals surface area contributed by atoms with E-state index < -0.39 is 0 Å². The highest BCUT2D eigenvalue weighted by molar-refractivity contribution is 5.48. The van der Waals surface area contributed by atoms with E-state index in [0.717, 1.165) is 36.3 Å². The molecule has 1 fully saturated rings. The molecule has 4 heteroatoms. The zero-order valence-corrected chi connectivity index (χ0v) is 12.2. The van der Waals surface area contributed by atoms with Crippen molar-refractivity contribution in [2.24, 2.45) is 5.92 Å². The number of methoxy groups -OCH3 is 1. The Balaban J connectivity index is 1.64. The molecule has 1 aliphatic carbocycles. The Morgan fingerprint density at radius 3 is 2.95 bits per heavy atom. The van der Waals surface area contributed by atoms with E-state index in [2.05, 4.69) is 24.4 Å². The smallest absolute Gasteiger partial charge is 0.123 e. The van der Waals surface area contributed by atoms with Gasteiger partial charge in [0.2, 0.25) is 0 Å². The number of ether oxygens (including phenoxy) is 2. The van der Waals surface area contributed by atoms with Gasteiger partial charge >= 0.3 is 0 Å². The normalized spacial score (nSPS) is 22.2. The molecule has 1 saturated carbocycles. The van der Waals surface area contributed by atoms with Crippen molar-refractivity contribution in [2.75, 3.05) is 13.7 Å². The number of aliphatic hydroxyl groups excluding tert-OH is 1. The van der Waals surface area contributed by atoms with Crippen LogP contribution in [-0.4, -0.2) is 31.0 Å². The topological polar surface area (TPSA) is 50.7 Å². The van der Waals surface area contributed by atoms with Crippen LogP contribution < -0.4 is 14.8 Å². The number of fused-ring (bicyclic) bond motifs is 1. The minimum atomic E-state index is -0.216. The average molecular weight is 277 g/mol. The van der Waals surface area contributed by atoms with Crippen LogP contribution in [0.1, 0.15) is 30.9 Å². The van der Waals surface area contributed by atoms with E-state index >= 15 is 0 Å². The maximum atomic E-state index is 9.86. The predicted octanol–water partition coefficient (Wildman–Crippen LogP) is 1.88. The first-order chi connectivity index (χ1) is 9.67. The van der Waals surface area contributed by atoms with E-state index in [1.54, 1.807) is 7.11 Å². The molecule has 0 aromatic heterocycles. The summed E-state index contributed by atoms with van der Waals surface area (Å²) in [4.78, 5) is 0. The van der Waals surface area contributed by atoms with Crippen molar-refractivity contribution in [3.05, 3.63) is 23.3 Å². The molecule has 0 saturated heterocycles. The summed E-state index contributed by atoms with van der Waals surface area (Å²) in [5, 5.41) is 13.2. The first kappa shape index (κ1) is 13.7. The lowest BCUT2D eigenvalue weighted by Crippen LogP contribution is -2.28. The molecule has 2 unspecified atom stereocenters. The predicted molar refractivity (Wildman–Crippen MR) is 77.2 cm³/mol. The van der Waals surface area contributed by atoms with Crippen LogP contribution in [0.5, 0.6) is 11.5 Å². The lowest BCUT2D eigenvalue weighted by Gasteiger charge is -2.14. The molecule has 2 N–H and O–H groups in total. The highest BCUT2D eigenvalue weighted by atomic mass is 16.5. The number of rotatable bonds is 6. The second kappa shape index (κ2) is 5.62. The summed E-state index contributed by atoms with van der Waals surface area (Å²) in [5.41, 5.74) is 2.31. The summed E-state index contributed by atoms with van der Waals surface area (Å²) >= 11 is 0. The van der Waals surface area contributed by atoms with E-state index in [-0.39, 0.29) is 12.2 Å². The van der Waals surface area contributed by atoms with Crippen molar-refractivity contribution in [2.45, 2.75) is 44.9 Å². The fourth-order valence-electron chi connectivity index (χ4n) is 2.81. The number of hydrogen-bond donors (Lipinski definition) is 2. The Kier molecular flexibility index (Phi) is 3.85. The Hall–Kier alpha value is -1.26. The van der Waals surface area contributed by atoms with Gasteiger partial charge in [-0.05, 0) is 37.8 Å². The Morgan fingerprint density at radius 2 is 2.25 bits per heavy atom. The van der Waals surface area contributed by atoms with Gasteiger partial charge in [-0.25, -0.2) is 0 Å². The van der Waals surface area contributed by atoms with Gasteiger partial charge < -0.3 is 19.9 Å². The van der Waals surface area contributed by atoms with Crippen molar-refractivity contribution < 1.29 is 14.6 Å². The summed E-state index contributed by atoms with van der Waals surface area (Å²) in [7, 11) is 1.70. The van der Waals surface area contributed by atoms with E-state index in [4.69, 9.17) is 9.47 Å². The van der Waals surface area contributed by atoms with Gasteiger partial charge in [0.05, 0.1) is 13.2 Å². The molecule has 110 valence electrons. The number of benzene rings is 1. The van der Waals surface area contributed by atoms with Crippen molar-refractivity contribution in [1.82, 2.24) is 5.32 Å². The maximum absolute atomic E-state index is 9.86. The third kappa shape index (κ3) is 2.91. The first-order valence-corrected chi connectivity index (χ1v) is 7.42. The highest BCUT2D eigenvalue weighted by Crippen LogP contribution is 2.35. The molecule has 0 bridgehead atoms. The molecule has 2 aliphatic rings. The van der Waals surface area contributed by atoms with Crippen LogP contribution in [0.2, 0.25) is 0 Å². The van der Waals surface area contributed by atoms with E-state index in [1.807, 2.05) is 0 Å². The van der Waals surface area contributed by atoms with Gasteiger partial charge in [0.25, 0.3) is 0 Å². The highest BCUT2D eigenvalue weighted by Gasteiger charge is 2.29. The van der Waals surface area contributed by atoms with Gasteiger partial charge in [-0.15, -0.1) is 0 Å². The van der Waals surface area contributed by atoms with Gasteiger partial charge in [-0.3, -0.25) is 0 Å². The molecule has 20 heavy (non-hydrogen) atoms. The molecular formula is C16H23NO3. The molecule has 0 radical (unpaired) electrons. The Bertz CT molecular complexity index is 485. The molecule has 1 aromatic carbocycles. The lowest BCUT2D eigenvalue weighted by atomic mass is 10.1. The van der Waals surface area contributed by atoms with E-state index in [1.165, 1.54) is 5.56 Å². The molecule has 1 aliphatic heterocycles. The first-order valence-electron chi connectivity index (χ1n) is 7.42. The number of aliphatic hydroxyl groups is 1. The fraction of sp³-hybridized carbons (Fsp3) is 0.625. The minimum Gasteiger partial charge on any atom is -0.496 e. The zero-order valence-electron chi connectivity index (χ0n) is 12.2. The molecule has 3 rings (SSSR count). The van der Waals surface area contributed by atoms with Gasteiger partial charge in [0.1, 0.15) is 17.6 Å². The summed E-state index contributed by atoms with van der Waals surface area (Å²) in [6, 6.07) is 4.14. The van der Waals surface area contributed by atoms with Crippen LogP contribution in [0, 0.1) is 5.92 Å². The van der Waals surface area contributed by atoms with Crippen LogP contribution in [0.15, 0.2) is 12.1 Å². The van der Waals surface area contributed by atoms with Crippen molar-refractivity contribution in [1.29, 1.82) is 0 Å². The van der Waals surface area contributed by atoms with Crippen LogP contribution >= 0.6 is 0 Å². The quantitative estimate of drug-likeness (QED) is 0.833. The summed E-state index contributed by atoms with van der Waals surface area (Å²) < 4.78 is 11.3. The Morgan fingerprint density at radius 1 is 1.45 bits per heavy atom. The number of nitrogens with one attached hydrogen (secondary N) is 1. The zero-order chi connectivity index (χ0) is 14.1. The van der Waals surface area contributed by atoms with Gasteiger partial charge in [-0.2, -0.15) is 0 Å². The minimum absolute atomic E-state index is 0.216. The van der Waals surface area contributed by atoms with Crippen LogP contribution in [0.3, 0.4) is 0 Å². The van der Waals surface area contributed by atoms with E-state index in [9.17, 15) is 5.11 Å². The fourth-order valence-corrected chi connectivity index (χ4v) is 2.81. The van der Waals surface area contributed by atoms with Gasteiger partial charge in [-0.1, -0.05) is 0 Å². The molecular weight excluding hydrogens is 254 g/mol. The second-order valence-electron chi connectivity index (χ2n) is 5.94. The molecule has 1 heterocycles. The second-order valence-corrected chi connectivity index (χ2v) is 5.94. The summed E-state index contributed by atoms with van der Waals surface area (Å²) in [6.45, 7) is 3.41. The van der Waals surface area contributed by atoms with Gasteiger partial charge in [0.15, 0.2) is 0 Å². The molecule has 0 spiro atoms. The monoisotopic (exact) mass is 277 g/mol. The van der Waals surface area contributed by atoms with E-state index in [0.29, 0.717) is 19.0 Å².